The molecule has 14 heteroatoms. The standard InChI is InChI=1S/C28H27F3N6O5/c1-27(11-19-15-37(2)17-35-19,36-26(39)42-22-13-32-16-33-14-22)25(38)34-12-18-4-6-20(7-5-18)41-24-9-8-21(40-3)10-23(24)28(29,30)31/h4-10,13-17H,11-12H2,1-3H3,(H,34,38)(H,36,39). The fraction of sp³-hybridized carbons (Fsp3) is 0.250. The first kappa shape index (κ1) is 29.8. The van der Waals surface area contributed by atoms with Crippen molar-refractivity contribution < 1.29 is 37.0 Å². The van der Waals surface area contributed by atoms with Crippen LogP contribution < -0.4 is 24.8 Å². The topological polar surface area (TPSA) is 129 Å². The van der Waals surface area contributed by atoms with Gasteiger partial charge in [-0.2, -0.15) is 13.2 Å². The lowest BCUT2D eigenvalue weighted by Gasteiger charge is -2.28. The largest absolute Gasteiger partial charge is 0.497 e. The van der Waals surface area contributed by atoms with Crippen LogP contribution in [0.25, 0.3) is 0 Å². The molecular weight excluding hydrogens is 557 g/mol. The molecule has 2 aromatic heterocycles. The first-order chi connectivity index (χ1) is 19.9. The summed E-state index contributed by atoms with van der Waals surface area (Å²) >= 11 is 0. The van der Waals surface area contributed by atoms with Gasteiger partial charge in [0.1, 0.15) is 34.7 Å². The Morgan fingerprint density at radius 2 is 1.69 bits per heavy atom. The number of ether oxygens (including phenoxy) is 3. The van der Waals surface area contributed by atoms with E-state index in [-0.39, 0.29) is 36.0 Å². The molecule has 0 fully saturated rings. The summed E-state index contributed by atoms with van der Waals surface area (Å²) in [5.74, 6) is -0.602. The van der Waals surface area contributed by atoms with Gasteiger partial charge >= 0.3 is 12.3 Å². The second kappa shape index (κ2) is 12.6. The van der Waals surface area contributed by atoms with E-state index in [4.69, 9.17) is 14.2 Å². The van der Waals surface area contributed by atoms with Crippen LogP contribution in [0, 0.1) is 0 Å². The molecular formula is C28H27F3N6O5. The van der Waals surface area contributed by atoms with E-state index in [1.165, 1.54) is 57.0 Å². The monoisotopic (exact) mass is 584 g/mol. The predicted octanol–water partition coefficient (Wildman–Crippen LogP) is 4.44. The summed E-state index contributed by atoms with van der Waals surface area (Å²) in [6.07, 6.45) is 1.68. The molecule has 220 valence electrons. The van der Waals surface area contributed by atoms with E-state index in [1.54, 1.807) is 36.3 Å². The number of aromatic nitrogens is 4. The number of amides is 2. The number of alkyl halides is 3. The molecule has 1 unspecified atom stereocenters. The Bertz CT molecular complexity index is 1530. The smallest absolute Gasteiger partial charge is 0.420 e. The van der Waals surface area contributed by atoms with Crippen molar-refractivity contribution in [2.24, 2.45) is 7.05 Å². The number of hydrogen-bond acceptors (Lipinski definition) is 8. The molecule has 42 heavy (non-hydrogen) atoms. The van der Waals surface area contributed by atoms with Crippen LogP contribution >= 0.6 is 0 Å². The highest BCUT2D eigenvalue weighted by Crippen LogP contribution is 2.40. The van der Waals surface area contributed by atoms with Gasteiger partial charge in [-0.25, -0.2) is 19.7 Å². The number of hydrogen-bond donors (Lipinski definition) is 2. The summed E-state index contributed by atoms with van der Waals surface area (Å²) in [7, 11) is 3.05. The minimum absolute atomic E-state index is 0.0487. The van der Waals surface area contributed by atoms with Crippen molar-refractivity contribution in [1.82, 2.24) is 30.2 Å². The van der Waals surface area contributed by atoms with Gasteiger partial charge in [0.05, 0.1) is 31.5 Å². The van der Waals surface area contributed by atoms with Gasteiger partial charge in [0.25, 0.3) is 0 Å². The van der Waals surface area contributed by atoms with E-state index in [2.05, 4.69) is 25.6 Å². The molecule has 0 radical (unpaired) electrons. The maximum atomic E-state index is 13.5. The van der Waals surface area contributed by atoms with Crippen LogP contribution in [-0.4, -0.2) is 44.2 Å². The van der Waals surface area contributed by atoms with Crippen molar-refractivity contribution >= 4 is 12.0 Å². The van der Waals surface area contributed by atoms with Crippen molar-refractivity contribution in [3.05, 3.63) is 90.5 Å². The maximum Gasteiger partial charge on any atom is 0.420 e. The van der Waals surface area contributed by atoms with Crippen LogP contribution in [0.5, 0.6) is 23.0 Å². The number of benzene rings is 2. The number of carbonyl (C=O) groups is 2. The normalized spacial score (nSPS) is 12.6. The fourth-order valence-electron chi connectivity index (χ4n) is 3.92. The molecule has 0 spiro atoms. The Kier molecular flexibility index (Phi) is 8.93. The molecule has 2 heterocycles. The van der Waals surface area contributed by atoms with Gasteiger partial charge in [-0.15, -0.1) is 0 Å². The Hall–Kier alpha value is -5.14. The van der Waals surface area contributed by atoms with Crippen LogP contribution in [0.15, 0.2) is 73.7 Å². The zero-order valence-corrected chi connectivity index (χ0v) is 22.8. The van der Waals surface area contributed by atoms with Crippen molar-refractivity contribution in [3.63, 3.8) is 0 Å². The number of rotatable bonds is 10. The molecule has 1 atom stereocenters. The number of nitrogens with one attached hydrogen (secondary N) is 2. The molecule has 2 aromatic carbocycles. The molecule has 4 aromatic rings. The van der Waals surface area contributed by atoms with E-state index >= 15 is 0 Å². The van der Waals surface area contributed by atoms with Crippen molar-refractivity contribution in [2.45, 2.75) is 31.6 Å². The number of aryl methyl sites for hydroxylation is 1. The van der Waals surface area contributed by atoms with Gasteiger partial charge in [0.15, 0.2) is 5.75 Å². The fourth-order valence-corrected chi connectivity index (χ4v) is 3.92. The summed E-state index contributed by atoms with van der Waals surface area (Å²) in [6, 6.07) is 9.57. The summed E-state index contributed by atoms with van der Waals surface area (Å²) < 4.78 is 57.8. The quantitative estimate of drug-likeness (QED) is 0.280. The third-order valence-electron chi connectivity index (χ3n) is 6.02. The van der Waals surface area contributed by atoms with Gasteiger partial charge < -0.3 is 29.4 Å². The highest BCUT2D eigenvalue weighted by atomic mass is 19.4. The van der Waals surface area contributed by atoms with E-state index in [9.17, 15) is 22.8 Å². The minimum atomic E-state index is -4.65. The molecule has 0 aliphatic carbocycles. The first-order valence-corrected chi connectivity index (χ1v) is 12.5. The first-order valence-electron chi connectivity index (χ1n) is 12.5. The van der Waals surface area contributed by atoms with Crippen LogP contribution in [-0.2, 0) is 31.0 Å². The van der Waals surface area contributed by atoms with Gasteiger partial charge in [0.2, 0.25) is 5.91 Å². The molecule has 2 N–H and O–H groups in total. The number of halogens is 3. The number of methoxy groups -OCH3 is 1. The van der Waals surface area contributed by atoms with Crippen molar-refractivity contribution in [3.8, 4) is 23.0 Å². The minimum Gasteiger partial charge on any atom is -0.497 e. The van der Waals surface area contributed by atoms with Crippen molar-refractivity contribution in [1.29, 1.82) is 0 Å². The van der Waals surface area contributed by atoms with Crippen LogP contribution in [0.1, 0.15) is 23.7 Å². The van der Waals surface area contributed by atoms with E-state index in [0.29, 0.717) is 11.3 Å². The Morgan fingerprint density at radius 3 is 2.31 bits per heavy atom. The van der Waals surface area contributed by atoms with Gasteiger partial charge in [-0.05, 0) is 42.8 Å². The summed E-state index contributed by atoms with van der Waals surface area (Å²) in [5, 5.41) is 5.37. The molecule has 0 aliphatic rings. The molecule has 11 nitrogen and oxygen atoms in total. The highest BCUT2D eigenvalue weighted by molar-refractivity contribution is 5.90. The Morgan fingerprint density at radius 1 is 1.00 bits per heavy atom. The Balaban J connectivity index is 1.43. The summed E-state index contributed by atoms with van der Waals surface area (Å²) in [4.78, 5) is 37.8. The second-order valence-electron chi connectivity index (χ2n) is 9.42. The molecule has 0 bridgehead atoms. The molecule has 2 amide bonds. The zero-order valence-electron chi connectivity index (χ0n) is 22.8. The molecule has 0 aliphatic heterocycles. The molecule has 4 rings (SSSR count). The summed E-state index contributed by atoms with van der Waals surface area (Å²) in [5.41, 5.74) is -1.26. The summed E-state index contributed by atoms with van der Waals surface area (Å²) in [6.45, 7) is 1.58. The van der Waals surface area contributed by atoms with Gasteiger partial charge in [-0.3, -0.25) is 4.79 Å². The Labute approximate surface area is 238 Å². The average molecular weight is 585 g/mol. The number of carbonyl (C=O) groups excluding carboxylic acids is 2. The van der Waals surface area contributed by atoms with Gasteiger partial charge in [-0.1, -0.05) is 12.1 Å². The lowest BCUT2D eigenvalue weighted by atomic mass is 9.94. The van der Waals surface area contributed by atoms with E-state index in [1.807, 2.05) is 0 Å². The third-order valence-corrected chi connectivity index (χ3v) is 6.02. The van der Waals surface area contributed by atoms with E-state index < -0.39 is 29.3 Å². The van der Waals surface area contributed by atoms with Crippen LogP contribution in [0.2, 0.25) is 0 Å². The lowest BCUT2D eigenvalue weighted by molar-refractivity contribution is -0.138. The van der Waals surface area contributed by atoms with Crippen LogP contribution in [0.3, 0.4) is 0 Å². The highest BCUT2D eigenvalue weighted by Gasteiger charge is 2.37. The SMILES string of the molecule is COc1ccc(Oc2ccc(CNC(=O)C(C)(Cc3cn(C)cn3)NC(=O)Oc3cncnc3)cc2)c(C(F)(F)F)c1. The second-order valence-corrected chi connectivity index (χ2v) is 9.42. The number of nitrogens with zero attached hydrogens (tertiary/aromatic N) is 4. The maximum absolute atomic E-state index is 13.5. The van der Waals surface area contributed by atoms with E-state index in [0.717, 1.165) is 6.07 Å². The number of imidazole rings is 1. The lowest BCUT2D eigenvalue weighted by Crippen LogP contribution is -2.58. The third kappa shape index (κ3) is 7.74. The molecule has 0 saturated carbocycles. The predicted molar refractivity (Wildman–Crippen MR) is 143 cm³/mol. The van der Waals surface area contributed by atoms with Crippen LogP contribution in [0.4, 0.5) is 18.0 Å². The van der Waals surface area contributed by atoms with Gasteiger partial charge in [0, 0.05) is 26.2 Å². The molecule has 0 saturated heterocycles. The zero-order chi connectivity index (χ0) is 30.3. The average Bonchev–Trinajstić information content (AvgIpc) is 3.36. The van der Waals surface area contributed by atoms with Crippen molar-refractivity contribution in [2.75, 3.05) is 7.11 Å².